The molecule has 4 rings (SSSR count). The molecule has 28 heavy (non-hydrogen) atoms. The molecule has 3 heterocycles. The highest BCUT2D eigenvalue weighted by Gasteiger charge is 2.35. The fraction of sp³-hybridized carbons (Fsp3) is 0.421. The fourth-order valence-electron chi connectivity index (χ4n) is 3.88. The Morgan fingerprint density at radius 3 is 2.82 bits per heavy atom. The topological polar surface area (TPSA) is 79.3 Å². The predicted molar refractivity (Wildman–Crippen MR) is 106 cm³/mol. The minimum absolute atomic E-state index is 0. The minimum atomic E-state index is -0.503. The minimum Gasteiger partial charge on any atom is -0.326 e. The molecule has 0 bridgehead atoms. The number of aromatic nitrogens is 2. The monoisotopic (exact) mass is 407 g/mol. The molecule has 0 radical (unpaired) electrons. The molecule has 2 aliphatic rings. The van der Waals surface area contributed by atoms with Gasteiger partial charge in [-0.25, -0.2) is 4.39 Å². The summed E-state index contributed by atoms with van der Waals surface area (Å²) in [5.41, 5.74) is 1.67. The summed E-state index contributed by atoms with van der Waals surface area (Å²) < 4.78 is 16.2. The van der Waals surface area contributed by atoms with Gasteiger partial charge in [-0.3, -0.25) is 14.3 Å². The maximum absolute atomic E-state index is 14.5. The third-order valence-electron chi connectivity index (χ3n) is 5.28. The number of aryl methyl sites for hydroxylation is 1. The van der Waals surface area contributed by atoms with Crippen LogP contribution in [0.2, 0.25) is 0 Å². The highest BCUT2D eigenvalue weighted by molar-refractivity contribution is 5.97. The van der Waals surface area contributed by atoms with E-state index in [4.69, 9.17) is 0 Å². The molecular formula is C19H23ClFN5O2. The highest BCUT2D eigenvalue weighted by atomic mass is 35.5. The number of rotatable bonds is 4. The van der Waals surface area contributed by atoms with Gasteiger partial charge in [-0.2, -0.15) is 5.10 Å². The average molecular weight is 408 g/mol. The second-order valence-electron chi connectivity index (χ2n) is 7.12. The van der Waals surface area contributed by atoms with Crippen molar-refractivity contribution in [2.45, 2.75) is 18.8 Å². The van der Waals surface area contributed by atoms with Crippen LogP contribution in [0.25, 0.3) is 0 Å². The number of benzene rings is 1. The van der Waals surface area contributed by atoms with Gasteiger partial charge in [-0.1, -0.05) is 0 Å². The van der Waals surface area contributed by atoms with E-state index in [1.807, 2.05) is 13.2 Å². The first-order valence-corrected chi connectivity index (χ1v) is 9.13. The lowest BCUT2D eigenvalue weighted by Gasteiger charge is -2.19. The molecule has 7 nitrogen and oxygen atoms in total. The second-order valence-corrected chi connectivity index (χ2v) is 7.12. The lowest BCUT2D eigenvalue weighted by atomic mass is 9.90. The summed E-state index contributed by atoms with van der Waals surface area (Å²) in [4.78, 5) is 26.0. The van der Waals surface area contributed by atoms with E-state index in [9.17, 15) is 14.0 Å². The van der Waals surface area contributed by atoms with Crippen LogP contribution in [0.5, 0.6) is 0 Å². The van der Waals surface area contributed by atoms with E-state index in [-0.39, 0.29) is 41.7 Å². The van der Waals surface area contributed by atoms with Crippen molar-refractivity contribution in [3.63, 3.8) is 0 Å². The van der Waals surface area contributed by atoms with Crippen molar-refractivity contribution in [3.8, 4) is 0 Å². The van der Waals surface area contributed by atoms with Crippen LogP contribution >= 0.6 is 12.4 Å². The number of carbonyl (C=O) groups is 2. The van der Waals surface area contributed by atoms with Crippen LogP contribution in [-0.4, -0.2) is 41.2 Å². The number of nitrogens with one attached hydrogen (secondary N) is 2. The van der Waals surface area contributed by atoms with Gasteiger partial charge in [0, 0.05) is 50.9 Å². The van der Waals surface area contributed by atoms with Crippen LogP contribution in [0, 0.1) is 11.7 Å². The first-order chi connectivity index (χ1) is 13.0. The van der Waals surface area contributed by atoms with Gasteiger partial charge < -0.3 is 15.5 Å². The van der Waals surface area contributed by atoms with Gasteiger partial charge in [-0.05, 0) is 30.2 Å². The van der Waals surface area contributed by atoms with Gasteiger partial charge in [0.05, 0.1) is 17.8 Å². The Bertz CT molecular complexity index is 887. The first kappa shape index (κ1) is 20.3. The Kier molecular flexibility index (Phi) is 6.00. The van der Waals surface area contributed by atoms with Gasteiger partial charge in [0.25, 0.3) is 0 Å². The molecule has 1 aromatic carbocycles. The van der Waals surface area contributed by atoms with Gasteiger partial charge in [0.1, 0.15) is 5.82 Å². The largest absolute Gasteiger partial charge is 0.326 e. The number of amides is 2. The number of anilines is 2. The lowest BCUT2D eigenvalue weighted by Crippen LogP contribution is -2.28. The SMILES string of the molecule is Cl.Cn1cc([C@H]2CNC[C@@H]2C(=O)Nc2ccc(N3CCCC3=O)c(F)c2)cn1. The van der Waals surface area contributed by atoms with Crippen LogP contribution in [0.1, 0.15) is 24.3 Å². The molecule has 150 valence electrons. The van der Waals surface area contributed by atoms with Gasteiger partial charge in [0.2, 0.25) is 11.8 Å². The highest BCUT2D eigenvalue weighted by Crippen LogP contribution is 2.30. The summed E-state index contributed by atoms with van der Waals surface area (Å²) in [6.45, 7) is 1.80. The summed E-state index contributed by atoms with van der Waals surface area (Å²) in [7, 11) is 1.84. The van der Waals surface area contributed by atoms with Crippen molar-refractivity contribution in [2.24, 2.45) is 13.0 Å². The average Bonchev–Trinajstić information content (AvgIpc) is 3.35. The summed E-state index contributed by atoms with van der Waals surface area (Å²) in [5.74, 6) is -0.946. The molecule has 1 aromatic heterocycles. The molecule has 2 fully saturated rings. The summed E-state index contributed by atoms with van der Waals surface area (Å²) in [5, 5.41) is 10.2. The van der Waals surface area contributed by atoms with Gasteiger partial charge in [0.15, 0.2) is 0 Å². The third kappa shape index (κ3) is 3.88. The number of hydrogen-bond donors (Lipinski definition) is 2. The molecule has 0 aliphatic carbocycles. The Balaban J connectivity index is 0.00000225. The van der Waals surface area contributed by atoms with Crippen LogP contribution in [0.15, 0.2) is 30.6 Å². The first-order valence-electron chi connectivity index (χ1n) is 9.13. The molecule has 2 atom stereocenters. The molecule has 2 N–H and O–H groups in total. The maximum Gasteiger partial charge on any atom is 0.229 e. The summed E-state index contributed by atoms with van der Waals surface area (Å²) in [6.07, 6.45) is 4.88. The van der Waals surface area contributed by atoms with Gasteiger partial charge in [-0.15, -0.1) is 12.4 Å². The zero-order chi connectivity index (χ0) is 19.0. The molecule has 2 aromatic rings. The van der Waals surface area contributed by atoms with Crippen molar-refractivity contribution < 1.29 is 14.0 Å². The smallest absolute Gasteiger partial charge is 0.229 e. The van der Waals surface area contributed by atoms with Gasteiger partial charge >= 0.3 is 0 Å². The molecule has 9 heteroatoms. The quantitative estimate of drug-likeness (QED) is 0.813. The van der Waals surface area contributed by atoms with Crippen LogP contribution < -0.4 is 15.5 Å². The Morgan fingerprint density at radius 1 is 1.36 bits per heavy atom. The lowest BCUT2D eigenvalue weighted by molar-refractivity contribution is -0.119. The van der Waals surface area contributed by atoms with E-state index >= 15 is 0 Å². The van der Waals surface area contributed by atoms with E-state index in [0.717, 1.165) is 12.0 Å². The Labute approximate surface area is 168 Å². The summed E-state index contributed by atoms with van der Waals surface area (Å²) in [6, 6.07) is 4.48. The maximum atomic E-state index is 14.5. The second kappa shape index (κ2) is 8.28. The standard InChI is InChI=1S/C19H22FN5O2.ClH/c1-24-11-12(8-22-24)14-9-21-10-15(14)19(27)23-13-4-5-17(16(20)7-13)25-6-2-3-18(25)26;/h4-5,7-8,11,14-15,21H,2-3,6,9-10H2,1H3,(H,23,27);1H/t14-,15+;/m1./s1. The number of nitrogens with zero attached hydrogens (tertiary/aromatic N) is 3. The van der Waals surface area contributed by atoms with E-state index in [0.29, 0.717) is 31.7 Å². The molecular weight excluding hydrogens is 385 g/mol. The van der Waals surface area contributed by atoms with Crippen LogP contribution in [0.4, 0.5) is 15.8 Å². The molecule has 0 saturated carbocycles. The predicted octanol–water partition coefficient (Wildman–Crippen LogP) is 2.05. The molecule has 2 saturated heterocycles. The molecule has 0 unspecified atom stereocenters. The van der Waals surface area contributed by atoms with Crippen LogP contribution in [-0.2, 0) is 16.6 Å². The number of carbonyl (C=O) groups excluding carboxylic acids is 2. The van der Waals surface area contributed by atoms with E-state index in [1.165, 1.54) is 11.0 Å². The zero-order valence-electron chi connectivity index (χ0n) is 15.5. The Hall–Kier alpha value is -2.45. The molecule has 0 spiro atoms. The van der Waals surface area contributed by atoms with Crippen molar-refractivity contribution in [1.29, 1.82) is 0 Å². The van der Waals surface area contributed by atoms with Crippen molar-refractivity contribution in [2.75, 3.05) is 29.9 Å². The third-order valence-corrected chi connectivity index (χ3v) is 5.28. The van der Waals surface area contributed by atoms with E-state index in [2.05, 4.69) is 15.7 Å². The van der Waals surface area contributed by atoms with E-state index in [1.54, 1.807) is 23.0 Å². The van der Waals surface area contributed by atoms with Crippen LogP contribution in [0.3, 0.4) is 0 Å². The fourth-order valence-corrected chi connectivity index (χ4v) is 3.88. The zero-order valence-corrected chi connectivity index (χ0v) is 16.3. The van der Waals surface area contributed by atoms with E-state index < -0.39 is 5.82 Å². The number of halogens is 2. The Morgan fingerprint density at radius 2 is 2.18 bits per heavy atom. The number of hydrogen-bond acceptors (Lipinski definition) is 4. The van der Waals surface area contributed by atoms with Crippen molar-refractivity contribution in [1.82, 2.24) is 15.1 Å². The summed E-state index contributed by atoms with van der Waals surface area (Å²) >= 11 is 0. The van der Waals surface area contributed by atoms with Crippen molar-refractivity contribution in [3.05, 3.63) is 42.0 Å². The van der Waals surface area contributed by atoms with Crippen molar-refractivity contribution >= 4 is 35.6 Å². The normalized spacial score (nSPS) is 21.6. The molecule has 2 aliphatic heterocycles. The molecule has 2 amide bonds.